The van der Waals surface area contributed by atoms with E-state index in [0.29, 0.717) is 22.9 Å². The van der Waals surface area contributed by atoms with Crippen LogP contribution in [0.4, 0.5) is 5.00 Å². The highest BCUT2D eigenvalue weighted by Crippen LogP contribution is 2.39. The van der Waals surface area contributed by atoms with Crippen molar-refractivity contribution in [2.75, 3.05) is 17.7 Å². The zero-order valence-corrected chi connectivity index (χ0v) is 16.4. The van der Waals surface area contributed by atoms with Crippen LogP contribution in [0.2, 0.25) is 0 Å². The monoisotopic (exact) mass is 400 g/mol. The van der Waals surface area contributed by atoms with Gasteiger partial charge in [-0.05, 0) is 36.8 Å². The molecule has 0 bridgehead atoms. The third-order valence-corrected chi connectivity index (χ3v) is 6.96. The maximum Gasteiger partial charge on any atom is 0.292 e. The molecule has 4 rings (SSSR count). The molecule has 1 aromatic heterocycles. The van der Waals surface area contributed by atoms with Crippen LogP contribution in [0.15, 0.2) is 36.1 Å². The van der Waals surface area contributed by atoms with Crippen LogP contribution in [0.5, 0.6) is 0 Å². The molecule has 0 radical (unpaired) electrons. The van der Waals surface area contributed by atoms with Gasteiger partial charge in [0.25, 0.3) is 11.8 Å². The Kier molecular flexibility index (Phi) is 5.22. The summed E-state index contributed by atoms with van der Waals surface area (Å²) in [6, 6.07) is 9.73. The van der Waals surface area contributed by atoms with E-state index in [4.69, 9.17) is 10.5 Å². The van der Waals surface area contributed by atoms with Crippen molar-refractivity contribution >= 4 is 44.8 Å². The summed E-state index contributed by atoms with van der Waals surface area (Å²) in [6.07, 6.45) is 3.91. The van der Waals surface area contributed by atoms with Crippen molar-refractivity contribution in [1.29, 1.82) is 0 Å². The highest BCUT2D eigenvalue weighted by Gasteiger charge is 2.28. The van der Waals surface area contributed by atoms with Gasteiger partial charge in [-0.2, -0.15) is 0 Å². The fraction of sp³-hybridized carbons (Fsp3) is 0.300. The summed E-state index contributed by atoms with van der Waals surface area (Å²) >= 11 is 3.07. The van der Waals surface area contributed by atoms with Gasteiger partial charge in [0, 0.05) is 10.6 Å². The number of nitrogens with one attached hydrogen (secondary N) is 1. The van der Waals surface area contributed by atoms with Gasteiger partial charge < -0.3 is 15.8 Å². The average molecular weight is 401 g/mol. The van der Waals surface area contributed by atoms with Crippen LogP contribution in [-0.4, -0.2) is 24.2 Å². The minimum Gasteiger partial charge on any atom is -0.486 e. The Bertz CT molecular complexity index is 919. The van der Waals surface area contributed by atoms with E-state index in [1.807, 2.05) is 30.3 Å². The molecule has 7 heteroatoms. The largest absolute Gasteiger partial charge is 0.486 e. The number of hydrogen-bond acceptors (Lipinski definition) is 5. The number of thiophene rings is 1. The van der Waals surface area contributed by atoms with Crippen LogP contribution in [0, 0.1) is 0 Å². The Morgan fingerprint density at radius 2 is 1.89 bits per heavy atom. The van der Waals surface area contributed by atoms with E-state index < -0.39 is 5.91 Å². The molecule has 27 heavy (non-hydrogen) atoms. The van der Waals surface area contributed by atoms with E-state index in [0.717, 1.165) is 52.3 Å². The van der Waals surface area contributed by atoms with Gasteiger partial charge in [-0.3, -0.25) is 9.59 Å². The summed E-state index contributed by atoms with van der Waals surface area (Å²) in [6.45, 7) is 0.480. The lowest BCUT2D eigenvalue weighted by Crippen LogP contribution is -2.23. The topological polar surface area (TPSA) is 81.4 Å². The van der Waals surface area contributed by atoms with Gasteiger partial charge in [0.1, 0.15) is 5.00 Å². The molecule has 2 heterocycles. The van der Waals surface area contributed by atoms with Crippen LogP contribution < -0.4 is 11.1 Å². The van der Waals surface area contributed by atoms with E-state index in [9.17, 15) is 9.59 Å². The maximum absolute atomic E-state index is 13.0. The predicted octanol–water partition coefficient (Wildman–Crippen LogP) is 3.80. The number of hydrogen-bond donors (Lipinski definition) is 2. The van der Waals surface area contributed by atoms with Crippen molar-refractivity contribution in [3.63, 3.8) is 0 Å². The second kappa shape index (κ2) is 7.78. The molecule has 0 saturated heterocycles. The first-order valence-electron chi connectivity index (χ1n) is 8.96. The average Bonchev–Trinajstić information content (AvgIpc) is 3.06. The molecule has 0 fully saturated rings. The minimum absolute atomic E-state index is 0.305. The zero-order chi connectivity index (χ0) is 18.8. The first-order chi connectivity index (χ1) is 13.1. The number of amides is 2. The van der Waals surface area contributed by atoms with Crippen molar-refractivity contribution in [1.82, 2.24) is 0 Å². The first kappa shape index (κ1) is 18.1. The third kappa shape index (κ3) is 3.61. The van der Waals surface area contributed by atoms with Crippen molar-refractivity contribution < 1.29 is 14.3 Å². The molecule has 0 saturated carbocycles. The predicted molar refractivity (Wildman–Crippen MR) is 110 cm³/mol. The highest BCUT2D eigenvalue weighted by atomic mass is 32.2. The quantitative estimate of drug-likeness (QED) is 0.818. The summed E-state index contributed by atoms with van der Waals surface area (Å²) in [4.78, 5) is 27.0. The lowest BCUT2D eigenvalue weighted by Gasteiger charge is -2.20. The molecule has 1 aliphatic carbocycles. The van der Waals surface area contributed by atoms with E-state index in [1.165, 1.54) is 11.3 Å². The van der Waals surface area contributed by atoms with Crippen molar-refractivity contribution in [3.8, 4) is 0 Å². The fourth-order valence-corrected chi connectivity index (χ4v) is 5.71. The molecule has 2 aliphatic rings. The number of thioether (sulfide) groups is 1. The third-order valence-electron chi connectivity index (χ3n) is 4.67. The molecule has 0 spiro atoms. The van der Waals surface area contributed by atoms with E-state index in [1.54, 1.807) is 11.8 Å². The van der Waals surface area contributed by atoms with Gasteiger partial charge in [-0.1, -0.05) is 30.3 Å². The number of carbonyl (C=O) groups is 2. The number of benzene rings is 1. The Labute approximate surface area is 166 Å². The Hall–Kier alpha value is -2.25. The van der Waals surface area contributed by atoms with Crippen LogP contribution in [0.25, 0.3) is 4.91 Å². The zero-order valence-electron chi connectivity index (χ0n) is 14.7. The van der Waals surface area contributed by atoms with Crippen LogP contribution in [-0.2, 0) is 22.4 Å². The number of nitrogens with two attached hydrogens (primary N) is 1. The number of anilines is 1. The molecule has 0 unspecified atom stereocenters. The standard InChI is InChI=1S/C20H20N2O3S2/c21-18(23)15-13-8-4-5-9-14(13)27-20(15)22-19(24)16-17(26-11-10-25-16)12-6-2-1-3-7-12/h1-3,6-7H,4-5,8-11H2,(H2,21,23)(H,22,24). The lowest BCUT2D eigenvalue weighted by molar-refractivity contribution is -0.115. The SMILES string of the molecule is NC(=O)c1c(NC(=O)C2=C(c3ccccc3)SCCO2)sc2c1CCCC2. The van der Waals surface area contributed by atoms with Crippen LogP contribution >= 0.6 is 23.1 Å². The molecule has 0 atom stereocenters. The second-order valence-electron chi connectivity index (χ2n) is 6.45. The Morgan fingerprint density at radius 1 is 1.11 bits per heavy atom. The smallest absolute Gasteiger partial charge is 0.292 e. The molecule has 140 valence electrons. The first-order valence-corrected chi connectivity index (χ1v) is 10.8. The molecule has 3 N–H and O–H groups in total. The summed E-state index contributed by atoms with van der Waals surface area (Å²) in [5.41, 5.74) is 8.05. The lowest BCUT2D eigenvalue weighted by atomic mass is 9.95. The molecular weight excluding hydrogens is 380 g/mol. The van der Waals surface area contributed by atoms with E-state index in [2.05, 4.69) is 5.32 Å². The minimum atomic E-state index is -0.485. The van der Waals surface area contributed by atoms with E-state index >= 15 is 0 Å². The van der Waals surface area contributed by atoms with Crippen molar-refractivity contribution in [2.45, 2.75) is 25.7 Å². The molecule has 5 nitrogen and oxygen atoms in total. The van der Waals surface area contributed by atoms with Crippen LogP contribution in [0.3, 0.4) is 0 Å². The van der Waals surface area contributed by atoms with Gasteiger partial charge in [0.05, 0.1) is 17.1 Å². The van der Waals surface area contributed by atoms with Crippen LogP contribution in [0.1, 0.15) is 39.2 Å². The summed E-state index contributed by atoms with van der Waals surface area (Å²) in [5.74, 6) is 0.281. The van der Waals surface area contributed by atoms with Gasteiger partial charge in [-0.25, -0.2) is 0 Å². The molecular formula is C20H20N2O3S2. The molecule has 1 aliphatic heterocycles. The normalized spacial score (nSPS) is 16.4. The summed E-state index contributed by atoms with van der Waals surface area (Å²) in [7, 11) is 0. The molecule has 2 amide bonds. The number of rotatable bonds is 4. The number of primary amides is 1. The van der Waals surface area contributed by atoms with Gasteiger partial charge >= 0.3 is 0 Å². The second-order valence-corrected chi connectivity index (χ2v) is 8.66. The summed E-state index contributed by atoms with van der Waals surface area (Å²) < 4.78 is 5.72. The molecule has 2 aromatic rings. The number of aryl methyl sites for hydroxylation is 1. The van der Waals surface area contributed by atoms with Crippen molar-refractivity contribution in [3.05, 3.63) is 57.7 Å². The summed E-state index contributed by atoms with van der Waals surface area (Å²) in [5, 5.41) is 3.44. The van der Waals surface area contributed by atoms with Gasteiger partial charge in [0.2, 0.25) is 0 Å². The van der Waals surface area contributed by atoms with Gasteiger partial charge in [-0.15, -0.1) is 23.1 Å². The Morgan fingerprint density at radius 3 is 2.67 bits per heavy atom. The maximum atomic E-state index is 13.0. The number of fused-ring (bicyclic) bond motifs is 1. The number of ether oxygens (including phenoxy) is 1. The molecule has 1 aromatic carbocycles. The highest BCUT2D eigenvalue weighted by molar-refractivity contribution is 8.08. The van der Waals surface area contributed by atoms with Gasteiger partial charge in [0.15, 0.2) is 5.76 Å². The Balaban J connectivity index is 1.68. The van der Waals surface area contributed by atoms with E-state index in [-0.39, 0.29) is 5.91 Å². The number of carbonyl (C=O) groups excluding carboxylic acids is 2. The van der Waals surface area contributed by atoms with Crippen molar-refractivity contribution in [2.24, 2.45) is 5.73 Å². The fourth-order valence-electron chi connectivity index (χ4n) is 3.47.